The molecule has 2 aromatic rings. The van der Waals surface area contributed by atoms with Gasteiger partial charge in [-0.3, -0.25) is 4.79 Å². The van der Waals surface area contributed by atoms with E-state index in [-0.39, 0.29) is 11.5 Å². The number of aromatic nitrogens is 4. The van der Waals surface area contributed by atoms with Gasteiger partial charge in [-0.2, -0.15) is 0 Å². The Morgan fingerprint density at radius 3 is 2.67 bits per heavy atom. The van der Waals surface area contributed by atoms with E-state index in [0.717, 1.165) is 23.8 Å². The van der Waals surface area contributed by atoms with Gasteiger partial charge in [0, 0.05) is 18.7 Å². The van der Waals surface area contributed by atoms with Crippen LogP contribution in [0.15, 0.2) is 5.16 Å². The van der Waals surface area contributed by atoms with Gasteiger partial charge in [0.25, 0.3) is 0 Å². The molecule has 2 heterocycles. The molecule has 8 heteroatoms. The maximum atomic E-state index is 12.5. The fourth-order valence-electron chi connectivity index (χ4n) is 2.79. The lowest BCUT2D eigenvalue weighted by Gasteiger charge is -2.03. The Morgan fingerprint density at radius 2 is 2.04 bits per heavy atom. The second-order valence-electron chi connectivity index (χ2n) is 6.00. The molecule has 0 amide bonds. The Kier molecular flexibility index (Phi) is 4.49. The third-order valence-electron chi connectivity index (χ3n) is 4.25. The molecule has 0 atom stereocenters. The zero-order valence-electron chi connectivity index (χ0n) is 14.2. The molecular formula is C16H20N4O3S. The van der Waals surface area contributed by atoms with Crippen LogP contribution in [0.25, 0.3) is 0 Å². The first-order chi connectivity index (χ1) is 11.4. The van der Waals surface area contributed by atoms with Crippen LogP contribution in [0.3, 0.4) is 0 Å². The summed E-state index contributed by atoms with van der Waals surface area (Å²) in [7, 11) is 3.26. The van der Waals surface area contributed by atoms with Gasteiger partial charge < -0.3 is 14.3 Å². The van der Waals surface area contributed by atoms with Crippen molar-refractivity contribution < 1.29 is 14.3 Å². The molecule has 0 aromatic carbocycles. The van der Waals surface area contributed by atoms with Gasteiger partial charge in [0.2, 0.25) is 0 Å². The van der Waals surface area contributed by atoms with E-state index in [4.69, 9.17) is 4.74 Å². The van der Waals surface area contributed by atoms with E-state index < -0.39 is 5.97 Å². The lowest BCUT2D eigenvalue weighted by atomic mass is 10.1. The molecule has 1 fully saturated rings. The van der Waals surface area contributed by atoms with Crippen molar-refractivity contribution in [2.75, 3.05) is 12.9 Å². The topological polar surface area (TPSA) is 89.9 Å². The van der Waals surface area contributed by atoms with Gasteiger partial charge in [-0.15, -0.1) is 10.2 Å². The van der Waals surface area contributed by atoms with Crippen LogP contribution in [0, 0.1) is 13.8 Å². The zero-order chi connectivity index (χ0) is 17.4. The summed E-state index contributed by atoms with van der Waals surface area (Å²) in [6.45, 7) is 3.51. The molecule has 0 radical (unpaired) electrons. The number of carbonyl (C=O) groups excluding carboxylic acids is 2. The van der Waals surface area contributed by atoms with Crippen LogP contribution >= 0.6 is 11.8 Å². The minimum atomic E-state index is -0.435. The predicted molar refractivity (Wildman–Crippen MR) is 89.6 cm³/mol. The zero-order valence-corrected chi connectivity index (χ0v) is 15.0. The number of H-pyrrole nitrogens is 1. The van der Waals surface area contributed by atoms with Gasteiger partial charge in [0.15, 0.2) is 10.9 Å². The SMILES string of the molecule is COC(=O)c1c(C)[nH]c(C(=O)CSc2nnc(C3CC3)n2C)c1C. The standard InChI is InChI=1S/C16H20N4O3S/c1-8-12(15(22)23-4)9(2)17-13(8)11(21)7-24-16-19-18-14(20(16)3)10-5-6-10/h10,17H,5-7H2,1-4H3. The molecule has 0 spiro atoms. The van der Waals surface area contributed by atoms with E-state index >= 15 is 0 Å². The van der Waals surface area contributed by atoms with E-state index in [1.54, 1.807) is 13.8 Å². The number of ether oxygens (including phenoxy) is 1. The molecule has 0 aliphatic heterocycles. The second-order valence-corrected chi connectivity index (χ2v) is 6.94. The van der Waals surface area contributed by atoms with E-state index in [2.05, 4.69) is 15.2 Å². The Bertz CT molecular complexity index is 805. The fraction of sp³-hybridized carbons (Fsp3) is 0.500. The minimum Gasteiger partial charge on any atom is -0.465 e. The molecule has 0 unspecified atom stereocenters. The molecule has 7 nitrogen and oxygen atoms in total. The number of hydrogen-bond donors (Lipinski definition) is 1. The summed E-state index contributed by atoms with van der Waals surface area (Å²) < 4.78 is 6.73. The van der Waals surface area contributed by atoms with Crippen molar-refractivity contribution in [3.63, 3.8) is 0 Å². The minimum absolute atomic E-state index is 0.0771. The maximum Gasteiger partial charge on any atom is 0.339 e. The number of ketones is 1. The summed E-state index contributed by atoms with van der Waals surface area (Å²) in [6.07, 6.45) is 2.32. The van der Waals surface area contributed by atoms with Gasteiger partial charge in [0.05, 0.1) is 24.1 Å². The van der Waals surface area contributed by atoms with Gasteiger partial charge in [-0.25, -0.2) is 4.79 Å². The number of aromatic amines is 1. The fourth-order valence-corrected chi connectivity index (χ4v) is 3.58. The first-order valence-electron chi connectivity index (χ1n) is 7.76. The van der Waals surface area contributed by atoms with Crippen molar-refractivity contribution in [3.05, 3.63) is 28.3 Å². The van der Waals surface area contributed by atoms with Gasteiger partial charge >= 0.3 is 5.97 Å². The molecule has 2 aromatic heterocycles. The van der Waals surface area contributed by atoms with Crippen molar-refractivity contribution in [1.82, 2.24) is 19.7 Å². The van der Waals surface area contributed by atoms with Gasteiger partial charge in [-0.1, -0.05) is 11.8 Å². The number of hydrogen-bond acceptors (Lipinski definition) is 6. The van der Waals surface area contributed by atoms with Crippen LogP contribution < -0.4 is 0 Å². The maximum absolute atomic E-state index is 12.5. The summed E-state index contributed by atoms with van der Waals surface area (Å²) in [5.41, 5.74) is 2.15. The van der Waals surface area contributed by atoms with Crippen molar-refractivity contribution in [1.29, 1.82) is 0 Å². The van der Waals surface area contributed by atoms with E-state index in [1.807, 2.05) is 11.6 Å². The third-order valence-corrected chi connectivity index (χ3v) is 5.27. The molecule has 128 valence electrons. The largest absolute Gasteiger partial charge is 0.465 e. The highest BCUT2D eigenvalue weighted by molar-refractivity contribution is 7.99. The number of esters is 1. The quantitative estimate of drug-likeness (QED) is 0.490. The van der Waals surface area contributed by atoms with Crippen LogP contribution in [0.2, 0.25) is 0 Å². The molecule has 24 heavy (non-hydrogen) atoms. The highest BCUT2D eigenvalue weighted by Crippen LogP contribution is 2.39. The second kappa shape index (κ2) is 6.43. The smallest absolute Gasteiger partial charge is 0.339 e. The monoisotopic (exact) mass is 348 g/mol. The van der Waals surface area contributed by atoms with Crippen LogP contribution in [0.1, 0.15) is 56.7 Å². The molecule has 1 aliphatic carbocycles. The number of rotatable bonds is 6. The lowest BCUT2D eigenvalue weighted by molar-refractivity contribution is 0.0599. The number of nitrogens with zero attached hydrogens (tertiary/aromatic N) is 3. The number of carbonyl (C=O) groups is 2. The highest BCUT2D eigenvalue weighted by Gasteiger charge is 2.29. The number of methoxy groups -OCH3 is 1. The lowest BCUT2D eigenvalue weighted by Crippen LogP contribution is -2.08. The summed E-state index contributed by atoms with van der Waals surface area (Å²) >= 11 is 1.36. The normalized spacial score (nSPS) is 14.0. The highest BCUT2D eigenvalue weighted by atomic mass is 32.2. The number of aryl methyl sites for hydroxylation is 1. The summed E-state index contributed by atoms with van der Waals surface area (Å²) in [4.78, 5) is 27.3. The molecule has 0 bridgehead atoms. The van der Waals surface area contributed by atoms with Gasteiger partial charge in [-0.05, 0) is 32.3 Å². The predicted octanol–water partition coefficient (Wildman–Crippen LogP) is 2.40. The number of nitrogens with one attached hydrogen (secondary N) is 1. The Hall–Kier alpha value is -2.09. The van der Waals surface area contributed by atoms with E-state index in [9.17, 15) is 9.59 Å². The van der Waals surface area contributed by atoms with Crippen LogP contribution in [-0.2, 0) is 11.8 Å². The van der Waals surface area contributed by atoms with Crippen LogP contribution in [-0.4, -0.2) is 44.4 Å². The molecule has 0 saturated heterocycles. The molecule has 3 rings (SSSR count). The van der Waals surface area contributed by atoms with Crippen molar-refractivity contribution >= 4 is 23.5 Å². The van der Waals surface area contributed by atoms with E-state index in [1.165, 1.54) is 18.9 Å². The van der Waals surface area contributed by atoms with E-state index in [0.29, 0.717) is 28.4 Å². The third kappa shape index (κ3) is 2.98. The van der Waals surface area contributed by atoms with Crippen molar-refractivity contribution in [3.8, 4) is 0 Å². The summed E-state index contributed by atoms with van der Waals surface area (Å²) in [5, 5.41) is 9.11. The van der Waals surface area contributed by atoms with Crippen molar-refractivity contribution in [2.45, 2.75) is 37.8 Å². The molecule has 1 saturated carbocycles. The molecular weight excluding hydrogens is 328 g/mol. The first kappa shape index (κ1) is 16.8. The van der Waals surface area contributed by atoms with Crippen LogP contribution in [0.4, 0.5) is 0 Å². The first-order valence-corrected chi connectivity index (χ1v) is 8.75. The average Bonchev–Trinajstić information content (AvgIpc) is 3.27. The summed E-state index contributed by atoms with van der Waals surface area (Å²) in [6, 6.07) is 0. The van der Waals surface area contributed by atoms with Crippen LogP contribution in [0.5, 0.6) is 0 Å². The molecule has 1 N–H and O–H groups in total. The van der Waals surface area contributed by atoms with Crippen molar-refractivity contribution in [2.24, 2.45) is 7.05 Å². The number of thioether (sulfide) groups is 1. The molecule has 1 aliphatic rings. The Balaban J connectivity index is 1.72. The summed E-state index contributed by atoms with van der Waals surface area (Å²) in [5.74, 6) is 1.23. The Morgan fingerprint density at radius 1 is 1.33 bits per heavy atom. The number of Topliss-reactive ketones (excluding diaryl/α,β-unsaturated/α-hetero) is 1. The van der Waals surface area contributed by atoms with Gasteiger partial charge in [0.1, 0.15) is 5.82 Å². The average molecular weight is 348 g/mol. The Labute approximate surface area is 144 Å².